The SMILES string of the molecule is C[C@H]1C[C@H](Cn2ncc3cc(-c4cn[nH]c4)ccc32)CN1S(=O)(=O)c1ccccc1F. The molecule has 1 N–H and O–H groups in total. The Morgan fingerprint density at radius 2 is 2.00 bits per heavy atom. The summed E-state index contributed by atoms with van der Waals surface area (Å²) in [7, 11) is -3.88. The first-order chi connectivity index (χ1) is 14.9. The van der Waals surface area contributed by atoms with Crippen LogP contribution in [0.1, 0.15) is 13.3 Å². The van der Waals surface area contributed by atoms with Gasteiger partial charge in [0.1, 0.15) is 10.7 Å². The van der Waals surface area contributed by atoms with Crippen LogP contribution in [0.5, 0.6) is 0 Å². The number of nitrogens with one attached hydrogen (secondary N) is 1. The summed E-state index contributed by atoms with van der Waals surface area (Å²) >= 11 is 0. The molecule has 0 radical (unpaired) electrons. The Morgan fingerprint density at radius 1 is 1.16 bits per heavy atom. The summed E-state index contributed by atoms with van der Waals surface area (Å²) in [4.78, 5) is -0.265. The zero-order valence-corrected chi connectivity index (χ0v) is 17.8. The predicted molar refractivity (Wildman–Crippen MR) is 115 cm³/mol. The van der Waals surface area contributed by atoms with Gasteiger partial charge in [-0.2, -0.15) is 14.5 Å². The molecule has 0 amide bonds. The summed E-state index contributed by atoms with van der Waals surface area (Å²) < 4.78 is 43.6. The molecule has 1 fully saturated rings. The lowest BCUT2D eigenvalue weighted by molar-refractivity contribution is 0.393. The van der Waals surface area contributed by atoms with E-state index in [2.05, 4.69) is 21.4 Å². The zero-order valence-electron chi connectivity index (χ0n) is 16.9. The van der Waals surface area contributed by atoms with E-state index in [0.717, 1.165) is 22.0 Å². The summed E-state index contributed by atoms with van der Waals surface area (Å²) in [5.41, 5.74) is 3.06. The van der Waals surface area contributed by atoms with E-state index in [4.69, 9.17) is 0 Å². The number of sulfonamides is 1. The molecule has 0 spiro atoms. The Labute approximate surface area is 179 Å². The van der Waals surface area contributed by atoms with Crippen LogP contribution in [0.3, 0.4) is 0 Å². The number of fused-ring (bicyclic) bond motifs is 1. The van der Waals surface area contributed by atoms with Gasteiger partial charge in [-0.25, -0.2) is 12.8 Å². The fourth-order valence-corrected chi connectivity index (χ4v) is 6.21. The number of rotatable bonds is 5. The van der Waals surface area contributed by atoms with Crippen molar-refractivity contribution in [2.45, 2.75) is 30.8 Å². The van der Waals surface area contributed by atoms with Crippen LogP contribution < -0.4 is 0 Å². The fourth-order valence-electron chi connectivity index (χ4n) is 4.42. The molecular weight excluding hydrogens is 417 g/mol. The second kappa shape index (κ2) is 7.58. The van der Waals surface area contributed by atoms with E-state index in [9.17, 15) is 12.8 Å². The lowest BCUT2D eigenvalue weighted by atomic mass is 10.1. The molecule has 7 nitrogen and oxygen atoms in total. The molecule has 1 saturated heterocycles. The number of hydrogen-bond acceptors (Lipinski definition) is 4. The molecule has 2 atom stereocenters. The van der Waals surface area contributed by atoms with Gasteiger partial charge in [-0.15, -0.1) is 0 Å². The maximum absolute atomic E-state index is 14.2. The van der Waals surface area contributed by atoms with Crippen LogP contribution in [0.4, 0.5) is 4.39 Å². The molecule has 9 heteroatoms. The van der Waals surface area contributed by atoms with Gasteiger partial charge in [0.15, 0.2) is 0 Å². The van der Waals surface area contributed by atoms with Crippen molar-refractivity contribution in [2.24, 2.45) is 5.92 Å². The van der Waals surface area contributed by atoms with Gasteiger partial charge in [-0.1, -0.05) is 18.2 Å². The summed E-state index contributed by atoms with van der Waals surface area (Å²) in [6.07, 6.45) is 6.14. The normalized spacial score (nSPS) is 19.9. The average molecular weight is 440 g/mol. The highest BCUT2D eigenvalue weighted by atomic mass is 32.2. The Balaban J connectivity index is 1.37. The molecule has 31 heavy (non-hydrogen) atoms. The van der Waals surface area contributed by atoms with E-state index >= 15 is 0 Å². The monoisotopic (exact) mass is 439 g/mol. The topological polar surface area (TPSA) is 83.9 Å². The van der Waals surface area contributed by atoms with Crippen molar-refractivity contribution in [3.05, 3.63) is 66.9 Å². The number of hydrogen-bond donors (Lipinski definition) is 1. The number of nitrogens with zero attached hydrogens (tertiary/aromatic N) is 4. The summed E-state index contributed by atoms with van der Waals surface area (Å²) in [6.45, 7) is 2.81. The highest BCUT2D eigenvalue weighted by molar-refractivity contribution is 7.89. The van der Waals surface area contributed by atoms with Gasteiger partial charge >= 0.3 is 0 Å². The fraction of sp³-hybridized carbons (Fsp3) is 0.273. The van der Waals surface area contributed by atoms with Crippen LogP contribution in [0.2, 0.25) is 0 Å². The third-order valence-corrected chi connectivity index (χ3v) is 7.95. The molecule has 4 aromatic rings. The molecule has 5 rings (SSSR count). The van der Waals surface area contributed by atoms with Crippen molar-refractivity contribution in [1.82, 2.24) is 24.3 Å². The molecule has 0 saturated carbocycles. The molecule has 0 aliphatic carbocycles. The van der Waals surface area contributed by atoms with Crippen molar-refractivity contribution in [1.29, 1.82) is 0 Å². The number of aromatic nitrogens is 4. The Morgan fingerprint density at radius 3 is 2.77 bits per heavy atom. The summed E-state index contributed by atoms with van der Waals surface area (Å²) in [5, 5.41) is 12.4. The first kappa shape index (κ1) is 19.9. The molecule has 160 valence electrons. The minimum Gasteiger partial charge on any atom is -0.285 e. The predicted octanol–water partition coefficient (Wildman–Crippen LogP) is 3.66. The standard InChI is InChI=1S/C22H22FN5O2S/c1-15-8-16(14-28(15)31(29,30)22-5-3-2-4-20(22)23)13-27-21-7-6-17(9-18(21)12-26-27)19-10-24-25-11-19/h2-7,9-12,15-16H,8,13-14H2,1H3,(H,24,25)/t15-,16+/m0/s1. The summed E-state index contributed by atoms with van der Waals surface area (Å²) in [5.74, 6) is -0.627. The van der Waals surface area contributed by atoms with Gasteiger partial charge in [0.2, 0.25) is 10.0 Å². The molecular formula is C22H22FN5O2S. The summed E-state index contributed by atoms with van der Waals surface area (Å²) in [6, 6.07) is 11.4. The smallest absolute Gasteiger partial charge is 0.246 e. The Kier molecular flexibility index (Phi) is 4.86. The molecule has 0 bridgehead atoms. The zero-order chi connectivity index (χ0) is 21.6. The third-order valence-electron chi connectivity index (χ3n) is 5.93. The van der Waals surface area contributed by atoms with Gasteiger partial charge in [0.25, 0.3) is 0 Å². The van der Waals surface area contributed by atoms with E-state index in [1.54, 1.807) is 12.3 Å². The Bertz CT molecular complexity index is 1330. The minimum absolute atomic E-state index is 0.0909. The van der Waals surface area contributed by atoms with Crippen LogP contribution in [0, 0.1) is 11.7 Å². The van der Waals surface area contributed by atoms with Crippen LogP contribution in [0.15, 0.2) is 66.0 Å². The van der Waals surface area contributed by atoms with Crippen molar-refractivity contribution in [3.8, 4) is 11.1 Å². The van der Waals surface area contributed by atoms with Gasteiger partial charge in [-0.3, -0.25) is 9.78 Å². The lowest BCUT2D eigenvalue weighted by Gasteiger charge is -2.21. The third kappa shape index (κ3) is 3.53. The Hall–Kier alpha value is -3.04. The van der Waals surface area contributed by atoms with Crippen LogP contribution in [-0.4, -0.2) is 45.3 Å². The maximum atomic E-state index is 14.2. The largest absolute Gasteiger partial charge is 0.285 e. The van der Waals surface area contributed by atoms with E-state index in [1.165, 1.54) is 22.5 Å². The van der Waals surface area contributed by atoms with Gasteiger partial charge in [-0.05, 0) is 49.1 Å². The molecule has 1 aliphatic rings. The molecule has 1 aliphatic heterocycles. The van der Waals surface area contributed by atoms with Crippen LogP contribution >= 0.6 is 0 Å². The maximum Gasteiger partial charge on any atom is 0.246 e. The highest BCUT2D eigenvalue weighted by Crippen LogP contribution is 2.32. The molecule has 3 heterocycles. The quantitative estimate of drug-likeness (QED) is 0.514. The molecule has 2 aromatic heterocycles. The number of H-pyrrole nitrogens is 1. The van der Waals surface area contributed by atoms with E-state index < -0.39 is 15.8 Å². The van der Waals surface area contributed by atoms with Crippen molar-refractivity contribution in [3.63, 3.8) is 0 Å². The number of benzene rings is 2. The van der Waals surface area contributed by atoms with E-state index in [1.807, 2.05) is 36.1 Å². The lowest BCUT2D eigenvalue weighted by Crippen LogP contribution is -2.34. The second-order valence-electron chi connectivity index (χ2n) is 8.04. The second-order valence-corrected chi connectivity index (χ2v) is 9.90. The van der Waals surface area contributed by atoms with Crippen LogP contribution in [-0.2, 0) is 16.6 Å². The first-order valence-corrected chi connectivity index (χ1v) is 11.6. The first-order valence-electron chi connectivity index (χ1n) is 10.1. The van der Waals surface area contributed by atoms with Gasteiger partial charge < -0.3 is 0 Å². The van der Waals surface area contributed by atoms with E-state index in [0.29, 0.717) is 19.5 Å². The van der Waals surface area contributed by atoms with Crippen molar-refractivity contribution < 1.29 is 12.8 Å². The molecule has 0 unspecified atom stereocenters. The molecule has 2 aromatic carbocycles. The van der Waals surface area contributed by atoms with Crippen molar-refractivity contribution in [2.75, 3.05) is 6.54 Å². The van der Waals surface area contributed by atoms with E-state index in [-0.39, 0.29) is 16.9 Å². The number of aromatic amines is 1. The van der Waals surface area contributed by atoms with Gasteiger partial charge in [0, 0.05) is 36.3 Å². The minimum atomic E-state index is -3.88. The van der Waals surface area contributed by atoms with Crippen molar-refractivity contribution >= 4 is 20.9 Å². The average Bonchev–Trinajstić information content (AvgIpc) is 3.49. The van der Waals surface area contributed by atoms with Crippen LogP contribution in [0.25, 0.3) is 22.0 Å². The van der Waals surface area contributed by atoms with Gasteiger partial charge in [0.05, 0.1) is 17.9 Å². The highest BCUT2D eigenvalue weighted by Gasteiger charge is 2.39. The number of halogens is 1.